The normalized spacial score (nSPS) is 13.0. The summed E-state index contributed by atoms with van der Waals surface area (Å²) in [5, 5.41) is 7.60. The van der Waals surface area contributed by atoms with E-state index in [0.717, 1.165) is 62.8 Å². The molecule has 2 N–H and O–H groups in total. The smallest absolute Gasteiger partial charge is 0.357 e. The first kappa shape index (κ1) is 30.0. The minimum absolute atomic E-state index is 0.172. The number of hydrogen-bond donors (Lipinski definition) is 1. The highest BCUT2D eigenvalue weighted by Crippen LogP contribution is 2.41. The largest absolute Gasteiger partial charge is 0.461 e. The van der Waals surface area contributed by atoms with Gasteiger partial charge in [-0.1, -0.05) is 30.0 Å². The molecular weight excluding hydrogens is 613 g/mol. The summed E-state index contributed by atoms with van der Waals surface area (Å²) in [7, 11) is -3.90. The minimum atomic E-state index is -3.90. The quantitative estimate of drug-likeness (QED) is 0.150. The summed E-state index contributed by atoms with van der Waals surface area (Å²) >= 11 is 3.09. The van der Waals surface area contributed by atoms with Gasteiger partial charge in [0.25, 0.3) is 10.0 Å². The van der Waals surface area contributed by atoms with Crippen molar-refractivity contribution in [3.05, 3.63) is 98.4 Å². The molecule has 0 aliphatic heterocycles. The van der Waals surface area contributed by atoms with Gasteiger partial charge in [0.2, 0.25) is 0 Å². The first-order chi connectivity index (χ1) is 21.2. The van der Waals surface area contributed by atoms with Crippen molar-refractivity contribution in [3.63, 3.8) is 0 Å². The van der Waals surface area contributed by atoms with E-state index in [0.29, 0.717) is 18.2 Å². The lowest BCUT2D eigenvalue weighted by Crippen LogP contribution is -2.14. The van der Waals surface area contributed by atoms with Crippen molar-refractivity contribution in [3.8, 4) is 33.7 Å². The van der Waals surface area contributed by atoms with Crippen LogP contribution in [0.15, 0.2) is 71.2 Å². The fraction of sp³-hybridized carbons (Fsp3) is 0.242. The van der Waals surface area contributed by atoms with Crippen LogP contribution < -0.4 is 5.14 Å². The number of carbonyl (C=O) groups is 1. The maximum atomic E-state index is 12.4. The van der Waals surface area contributed by atoms with Gasteiger partial charge in [-0.15, -0.1) is 22.7 Å². The van der Waals surface area contributed by atoms with Crippen LogP contribution in [0.5, 0.6) is 0 Å². The molecule has 5 aromatic rings. The van der Waals surface area contributed by atoms with Gasteiger partial charge in [0.05, 0.1) is 11.5 Å². The Kier molecular flexibility index (Phi) is 8.51. The van der Waals surface area contributed by atoms with Gasteiger partial charge in [-0.3, -0.25) is 0 Å². The summed E-state index contributed by atoms with van der Waals surface area (Å²) in [4.78, 5) is 23.5. The number of hydrogen-bond acceptors (Lipinski definition) is 8. The molecule has 4 heterocycles. The molecule has 1 aromatic carbocycles. The Bertz CT molecular complexity index is 2010. The molecule has 6 rings (SSSR count). The molecule has 0 amide bonds. The third-order valence-corrected chi connectivity index (χ3v) is 9.88. The van der Waals surface area contributed by atoms with E-state index in [1.165, 1.54) is 22.3 Å². The zero-order valence-corrected chi connectivity index (χ0v) is 26.7. The predicted molar refractivity (Wildman–Crippen MR) is 173 cm³/mol. The van der Waals surface area contributed by atoms with Gasteiger partial charge < -0.3 is 9.30 Å². The Labute approximate surface area is 264 Å². The standard InChI is InChI=1S/C33H30N4O4S3/c1-3-41-33(38)28-20-42-32(36-28)27-17-29(25-6-4-5-22(15-25)10-13-26-12-7-21(2)43-26)37(30(27)16-23-8-9-23)19-24-11-14-31(35-18-24)44(34,39)40/h4-7,11-12,14-15,17-18,20,23H,3,8-9,16,19H2,1-2H3,(H2,34,39,40). The Balaban J connectivity index is 1.46. The Morgan fingerprint density at radius 2 is 1.98 bits per heavy atom. The number of carbonyl (C=O) groups excluding carboxylic acids is 1. The van der Waals surface area contributed by atoms with E-state index < -0.39 is 16.0 Å². The maximum absolute atomic E-state index is 12.4. The number of benzene rings is 1. The lowest BCUT2D eigenvalue weighted by molar-refractivity contribution is 0.0520. The van der Waals surface area contributed by atoms with Crippen molar-refractivity contribution >= 4 is 38.7 Å². The zero-order chi connectivity index (χ0) is 30.8. The van der Waals surface area contributed by atoms with E-state index in [4.69, 9.17) is 9.88 Å². The third kappa shape index (κ3) is 6.84. The second-order valence-electron chi connectivity index (χ2n) is 10.7. The topological polar surface area (TPSA) is 117 Å². The van der Waals surface area contributed by atoms with Crippen LogP contribution in [0.4, 0.5) is 0 Å². The third-order valence-electron chi connectivity index (χ3n) is 7.27. The summed E-state index contributed by atoms with van der Waals surface area (Å²) < 4.78 is 31.1. The number of thiophene rings is 1. The molecule has 0 spiro atoms. The molecule has 0 saturated heterocycles. The van der Waals surface area contributed by atoms with Crippen molar-refractivity contribution in [2.75, 3.05) is 6.61 Å². The highest BCUT2D eigenvalue weighted by molar-refractivity contribution is 7.89. The number of sulfonamides is 1. The number of thiazole rings is 1. The number of rotatable bonds is 9. The van der Waals surface area contributed by atoms with Gasteiger partial charge in [-0.2, -0.15) is 0 Å². The molecule has 0 atom stereocenters. The maximum Gasteiger partial charge on any atom is 0.357 e. The van der Waals surface area contributed by atoms with Crippen LogP contribution in [0.25, 0.3) is 21.8 Å². The summed E-state index contributed by atoms with van der Waals surface area (Å²) in [6, 6.07) is 17.5. The molecule has 0 radical (unpaired) electrons. The van der Waals surface area contributed by atoms with E-state index in [1.807, 2.05) is 18.2 Å². The molecule has 4 aromatic heterocycles. The minimum Gasteiger partial charge on any atom is -0.461 e. The molecule has 0 bridgehead atoms. The van der Waals surface area contributed by atoms with Crippen LogP contribution in [-0.2, 0) is 27.7 Å². The average molecular weight is 643 g/mol. The second kappa shape index (κ2) is 12.5. The SMILES string of the molecule is CCOC(=O)c1csc(-c2cc(-c3cccc(C#Cc4ccc(C)s4)c3)n(Cc3ccc(S(N)(=O)=O)nc3)c2CC2CC2)n1. The molecule has 44 heavy (non-hydrogen) atoms. The summed E-state index contributed by atoms with van der Waals surface area (Å²) in [5.74, 6) is 6.71. The number of pyridine rings is 1. The Morgan fingerprint density at radius 1 is 1.14 bits per heavy atom. The van der Waals surface area contributed by atoms with E-state index in [2.05, 4.69) is 57.6 Å². The fourth-order valence-electron chi connectivity index (χ4n) is 4.95. The molecular formula is C33H30N4O4S3. The Hall–Kier alpha value is -4.08. The molecule has 1 aliphatic carbocycles. The highest BCUT2D eigenvalue weighted by Gasteiger charge is 2.28. The average Bonchev–Trinajstić information content (AvgIpc) is 3.34. The molecule has 224 valence electrons. The number of nitrogens with two attached hydrogens (primary N) is 1. The lowest BCUT2D eigenvalue weighted by Gasteiger charge is -2.15. The number of aryl methyl sites for hydroxylation is 1. The van der Waals surface area contributed by atoms with Gasteiger partial charge in [0.1, 0.15) is 5.01 Å². The number of aromatic nitrogens is 3. The van der Waals surface area contributed by atoms with Crippen LogP contribution in [-0.4, -0.2) is 35.5 Å². The molecule has 0 unspecified atom stereocenters. The number of esters is 1. The van der Waals surface area contributed by atoms with E-state index in [1.54, 1.807) is 35.9 Å². The molecule has 11 heteroatoms. The zero-order valence-electron chi connectivity index (χ0n) is 24.2. The van der Waals surface area contributed by atoms with Gasteiger partial charge in [0.15, 0.2) is 10.7 Å². The first-order valence-corrected chi connectivity index (χ1v) is 17.4. The van der Waals surface area contributed by atoms with Crippen LogP contribution in [0.3, 0.4) is 0 Å². The summed E-state index contributed by atoms with van der Waals surface area (Å²) in [6.45, 7) is 4.58. The second-order valence-corrected chi connectivity index (χ2v) is 14.3. The highest BCUT2D eigenvalue weighted by atomic mass is 32.2. The van der Waals surface area contributed by atoms with Crippen molar-refractivity contribution in [2.24, 2.45) is 11.1 Å². The summed E-state index contributed by atoms with van der Waals surface area (Å²) in [6.07, 6.45) is 4.72. The van der Waals surface area contributed by atoms with Crippen LogP contribution >= 0.6 is 22.7 Å². The van der Waals surface area contributed by atoms with Crippen molar-refractivity contribution in [1.29, 1.82) is 0 Å². The molecule has 1 saturated carbocycles. The number of primary sulfonamides is 1. The van der Waals surface area contributed by atoms with Crippen molar-refractivity contribution in [2.45, 2.75) is 44.7 Å². The molecule has 1 fully saturated rings. The van der Waals surface area contributed by atoms with Gasteiger partial charge in [-0.05, 0) is 86.6 Å². The predicted octanol–water partition coefficient (Wildman–Crippen LogP) is 6.27. The van der Waals surface area contributed by atoms with Crippen molar-refractivity contribution in [1.82, 2.24) is 14.5 Å². The first-order valence-electron chi connectivity index (χ1n) is 14.2. The van der Waals surface area contributed by atoms with Gasteiger partial charge >= 0.3 is 5.97 Å². The monoisotopic (exact) mass is 642 g/mol. The number of nitrogens with zero attached hydrogens (tertiary/aromatic N) is 3. The van der Waals surface area contributed by atoms with E-state index in [9.17, 15) is 13.2 Å². The van der Waals surface area contributed by atoms with Crippen molar-refractivity contribution < 1.29 is 17.9 Å². The van der Waals surface area contributed by atoms with E-state index >= 15 is 0 Å². The van der Waals surface area contributed by atoms with Crippen LogP contribution in [0.1, 0.15) is 56.8 Å². The number of ether oxygens (including phenoxy) is 1. The molecule has 8 nitrogen and oxygen atoms in total. The summed E-state index contributed by atoms with van der Waals surface area (Å²) in [5.41, 5.74) is 6.04. The van der Waals surface area contributed by atoms with Gasteiger partial charge in [0, 0.05) is 45.5 Å². The van der Waals surface area contributed by atoms with Crippen LogP contribution in [0, 0.1) is 24.7 Å². The lowest BCUT2D eigenvalue weighted by atomic mass is 10.1. The molecule has 1 aliphatic rings. The van der Waals surface area contributed by atoms with Gasteiger partial charge in [-0.25, -0.2) is 28.3 Å². The van der Waals surface area contributed by atoms with Crippen LogP contribution in [0.2, 0.25) is 0 Å². The Morgan fingerprint density at radius 3 is 2.66 bits per heavy atom. The van der Waals surface area contributed by atoms with E-state index in [-0.39, 0.29) is 11.6 Å². The fourth-order valence-corrected chi connectivity index (χ4v) is 6.96.